The zero-order valence-electron chi connectivity index (χ0n) is 13.3. The molecule has 2 aromatic rings. The first-order valence-corrected chi connectivity index (χ1v) is 8.56. The molecule has 1 amide bonds. The Morgan fingerprint density at radius 2 is 1.76 bits per heavy atom. The zero-order chi connectivity index (χ0) is 18.8. The highest BCUT2D eigenvalue weighted by Gasteiger charge is 2.25. The van der Waals surface area contributed by atoms with E-state index < -0.39 is 32.6 Å². The molecule has 0 aromatic heterocycles. The first-order chi connectivity index (χ1) is 11.5. The summed E-state index contributed by atoms with van der Waals surface area (Å²) < 4.78 is 67.4. The van der Waals surface area contributed by atoms with Crippen LogP contribution >= 0.6 is 0 Å². The zero-order valence-corrected chi connectivity index (χ0v) is 14.1. The lowest BCUT2D eigenvalue weighted by Gasteiger charge is -2.14. The molecule has 2 aromatic carbocycles. The molecule has 0 aliphatic carbocycles. The second kappa shape index (κ2) is 6.75. The summed E-state index contributed by atoms with van der Waals surface area (Å²) >= 11 is 0. The molecule has 5 nitrogen and oxygen atoms in total. The van der Waals surface area contributed by atoms with E-state index >= 15 is 0 Å². The van der Waals surface area contributed by atoms with Gasteiger partial charge in [-0.2, -0.15) is 0 Å². The quantitative estimate of drug-likeness (QED) is 0.840. The maximum atomic E-state index is 14.1. The molecule has 9 heteroatoms. The van der Waals surface area contributed by atoms with Crippen molar-refractivity contribution < 1.29 is 26.4 Å². The number of hydrogen-bond donors (Lipinski definition) is 2. The second-order valence-corrected chi connectivity index (χ2v) is 7.05. The van der Waals surface area contributed by atoms with Gasteiger partial charge >= 0.3 is 0 Å². The average molecular weight is 372 g/mol. The van der Waals surface area contributed by atoms with Crippen LogP contribution in [-0.2, 0) is 20.7 Å². The Hall–Kier alpha value is -2.55. The molecule has 0 spiro atoms. The van der Waals surface area contributed by atoms with Gasteiger partial charge in [-0.15, -0.1) is 0 Å². The summed E-state index contributed by atoms with van der Waals surface area (Å²) in [5.74, 6) is -4.67. The third kappa shape index (κ3) is 4.72. The summed E-state index contributed by atoms with van der Waals surface area (Å²) in [6, 6.07) is 7.71. The maximum absolute atomic E-state index is 14.1. The summed E-state index contributed by atoms with van der Waals surface area (Å²) in [4.78, 5) is 10.3. The second-order valence-electron chi connectivity index (χ2n) is 5.40. The smallest absolute Gasteiger partial charge is 0.270 e. The van der Waals surface area contributed by atoms with Crippen LogP contribution in [0.1, 0.15) is 19.4 Å². The number of rotatable bonds is 5. The van der Waals surface area contributed by atoms with E-state index in [9.17, 15) is 26.4 Å². The molecule has 134 valence electrons. The standard InChI is InChI=1S/C16H15F3N2O3S/c1-10(22)20-12-6-7-15(14(17)9-12)25(23,24)21-13-5-3-4-11(8-13)16(2,18)19/h3-9,21H,1-2H3,(H,20,22). The van der Waals surface area contributed by atoms with Crippen molar-refractivity contribution in [3.63, 3.8) is 0 Å². The number of halogens is 3. The van der Waals surface area contributed by atoms with Crippen molar-refractivity contribution in [3.05, 3.63) is 53.8 Å². The normalized spacial score (nSPS) is 11.9. The van der Waals surface area contributed by atoms with Gasteiger partial charge in [0, 0.05) is 30.8 Å². The first kappa shape index (κ1) is 18.8. The van der Waals surface area contributed by atoms with E-state index in [0.29, 0.717) is 6.92 Å². The van der Waals surface area contributed by atoms with E-state index in [-0.39, 0.29) is 16.9 Å². The fraction of sp³-hybridized carbons (Fsp3) is 0.188. The number of alkyl halides is 2. The number of sulfonamides is 1. The van der Waals surface area contributed by atoms with Crippen molar-refractivity contribution >= 4 is 27.3 Å². The number of nitrogens with one attached hydrogen (secondary N) is 2. The van der Waals surface area contributed by atoms with Crippen molar-refractivity contribution in [3.8, 4) is 0 Å². The van der Waals surface area contributed by atoms with Crippen LogP contribution in [0.5, 0.6) is 0 Å². The Morgan fingerprint density at radius 3 is 2.32 bits per heavy atom. The van der Waals surface area contributed by atoms with Gasteiger partial charge in [0.2, 0.25) is 5.91 Å². The van der Waals surface area contributed by atoms with E-state index in [1.54, 1.807) is 0 Å². The molecule has 0 bridgehead atoms. The number of hydrogen-bond acceptors (Lipinski definition) is 3. The Bertz CT molecular complexity index is 909. The molecule has 0 aliphatic rings. The predicted octanol–water partition coefficient (Wildman–Crippen LogP) is 3.70. The Balaban J connectivity index is 2.32. The molecule has 25 heavy (non-hydrogen) atoms. The van der Waals surface area contributed by atoms with Crippen LogP contribution in [0.2, 0.25) is 0 Å². The Kier molecular flexibility index (Phi) is 5.07. The van der Waals surface area contributed by atoms with Crippen molar-refractivity contribution in [2.24, 2.45) is 0 Å². The topological polar surface area (TPSA) is 75.3 Å². The third-order valence-corrected chi connectivity index (χ3v) is 4.58. The average Bonchev–Trinajstić information content (AvgIpc) is 2.45. The van der Waals surface area contributed by atoms with Gasteiger partial charge in [0.05, 0.1) is 0 Å². The summed E-state index contributed by atoms with van der Waals surface area (Å²) in [5, 5.41) is 2.32. The van der Waals surface area contributed by atoms with E-state index in [1.807, 2.05) is 0 Å². The largest absolute Gasteiger partial charge is 0.326 e. The van der Waals surface area contributed by atoms with Gasteiger partial charge in [-0.1, -0.05) is 12.1 Å². The number of amides is 1. The molecule has 0 unspecified atom stereocenters. The minimum Gasteiger partial charge on any atom is -0.326 e. The van der Waals surface area contributed by atoms with E-state index in [1.165, 1.54) is 25.1 Å². The molecule has 2 N–H and O–H groups in total. The lowest BCUT2D eigenvalue weighted by molar-refractivity contribution is -0.114. The van der Waals surface area contributed by atoms with Crippen molar-refractivity contribution in [1.82, 2.24) is 0 Å². The fourth-order valence-corrected chi connectivity index (χ4v) is 3.18. The van der Waals surface area contributed by atoms with E-state index in [4.69, 9.17) is 0 Å². The number of benzene rings is 2. The molecule has 0 heterocycles. The highest BCUT2D eigenvalue weighted by molar-refractivity contribution is 7.92. The van der Waals surface area contributed by atoms with Gasteiger partial charge < -0.3 is 5.32 Å². The fourth-order valence-electron chi connectivity index (χ4n) is 2.07. The highest BCUT2D eigenvalue weighted by Crippen LogP contribution is 2.29. The van der Waals surface area contributed by atoms with E-state index in [0.717, 1.165) is 24.3 Å². The van der Waals surface area contributed by atoms with Crippen molar-refractivity contribution in [1.29, 1.82) is 0 Å². The van der Waals surface area contributed by atoms with Crippen LogP contribution in [0.25, 0.3) is 0 Å². The molecule has 0 saturated heterocycles. The lowest BCUT2D eigenvalue weighted by Crippen LogP contribution is -2.16. The van der Waals surface area contributed by atoms with Crippen LogP contribution in [0.15, 0.2) is 47.4 Å². The van der Waals surface area contributed by atoms with Gasteiger partial charge in [0.15, 0.2) is 0 Å². The number of carbonyl (C=O) groups excluding carboxylic acids is 1. The van der Waals surface area contributed by atoms with Gasteiger partial charge in [-0.3, -0.25) is 9.52 Å². The summed E-state index contributed by atoms with van der Waals surface area (Å²) in [7, 11) is -4.33. The van der Waals surface area contributed by atoms with Crippen LogP contribution in [-0.4, -0.2) is 14.3 Å². The molecule has 0 saturated carbocycles. The van der Waals surface area contributed by atoms with E-state index in [2.05, 4.69) is 10.0 Å². The molecular formula is C16H15F3N2O3S. The number of carbonyl (C=O) groups is 1. The summed E-state index contributed by atoms with van der Waals surface area (Å²) in [6.07, 6.45) is 0. The molecule has 0 atom stereocenters. The van der Waals surface area contributed by atoms with Crippen molar-refractivity contribution in [2.45, 2.75) is 24.7 Å². The summed E-state index contributed by atoms with van der Waals surface area (Å²) in [5.41, 5.74) is -0.407. The van der Waals surface area contributed by atoms with Gasteiger partial charge in [0.25, 0.3) is 15.9 Å². The molecule has 0 aliphatic heterocycles. The molecule has 0 fully saturated rings. The minimum atomic E-state index is -4.33. The van der Waals surface area contributed by atoms with Gasteiger partial charge in [-0.25, -0.2) is 21.6 Å². The Morgan fingerprint density at radius 1 is 1.08 bits per heavy atom. The Labute approximate surface area is 142 Å². The molecule has 2 rings (SSSR count). The number of anilines is 2. The molecule has 0 radical (unpaired) electrons. The molecular weight excluding hydrogens is 357 g/mol. The third-order valence-electron chi connectivity index (χ3n) is 3.16. The van der Waals surface area contributed by atoms with Crippen LogP contribution < -0.4 is 10.0 Å². The van der Waals surface area contributed by atoms with Crippen LogP contribution in [0.4, 0.5) is 24.5 Å². The monoisotopic (exact) mass is 372 g/mol. The van der Waals surface area contributed by atoms with Crippen LogP contribution in [0, 0.1) is 5.82 Å². The SMILES string of the molecule is CC(=O)Nc1ccc(S(=O)(=O)Nc2cccc(C(C)(F)F)c2)c(F)c1. The predicted molar refractivity (Wildman–Crippen MR) is 87.5 cm³/mol. The van der Waals surface area contributed by atoms with Gasteiger partial charge in [-0.05, 0) is 30.3 Å². The van der Waals surface area contributed by atoms with Crippen molar-refractivity contribution in [2.75, 3.05) is 10.0 Å². The first-order valence-electron chi connectivity index (χ1n) is 7.07. The highest BCUT2D eigenvalue weighted by atomic mass is 32.2. The van der Waals surface area contributed by atoms with Crippen LogP contribution in [0.3, 0.4) is 0 Å². The maximum Gasteiger partial charge on any atom is 0.270 e. The summed E-state index contributed by atoms with van der Waals surface area (Å²) in [6.45, 7) is 1.90. The lowest BCUT2D eigenvalue weighted by atomic mass is 10.1. The minimum absolute atomic E-state index is 0.0940. The van der Waals surface area contributed by atoms with Gasteiger partial charge in [0.1, 0.15) is 10.7 Å².